The smallest absolute Gasteiger partial charge is 0.188 e. The van der Waals surface area contributed by atoms with E-state index in [1.807, 2.05) is 13.8 Å². The van der Waals surface area contributed by atoms with Crippen LogP contribution in [0.1, 0.15) is 39.5 Å². The number of nitrogens with two attached hydrogens (primary N) is 1. The van der Waals surface area contributed by atoms with Gasteiger partial charge in [-0.2, -0.15) is 0 Å². The molecule has 0 aliphatic carbocycles. The van der Waals surface area contributed by atoms with Gasteiger partial charge in [-0.25, -0.2) is 0 Å². The molecule has 4 heteroatoms. The molecule has 0 bridgehead atoms. The second-order valence-electron chi connectivity index (χ2n) is 3.70. The van der Waals surface area contributed by atoms with Gasteiger partial charge in [-0.3, -0.25) is 4.99 Å². The van der Waals surface area contributed by atoms with Crippen LogP contribution in [0.2, 0.25) is 0 Å². The third-order valence-corrected chi connectivity index (χ3v) is 1.78. The SMILES string of the molecule is CC(C)NC(N)=NCCCCCCO. The zero-order valence-electron chi connectivity index (χ0n) is 9.29. The molecule has 0 aliphatic heterocycles. The number of unbranched alkanes of at least 4 members (excludes halogenated alkanes) is 3. The van der Waals surface area contributed by atoms with Gasteiger partial charge in [0, 0.05) is 19.2 Å². The Morgan fingerprint density at radius 3 is 2.50 bits per heavy atom. The molecule has 0 fully saturated rings. The standard InChI is InChI=1S/C10H23N3O/c1-9(2)13-10(11)12-7-5-3-4-6-8-14/h9,14H,3-8H2,1-2H3,(H3,11,12,13). The summed E-state index contributed by atoms with van der Waals surface area (Å²) in [5.74, 6) is 0.530. The van der Waals surface area contributed by atoms with Crippen molar-refractivity contribution in [3.05, 3.63) is 0 Å². The molecule has 0 radical (unpaired) electrons. The first kappa shape index (κ1) is 13.2. The summed E-state index contributed by atoms with van der Waals surface area (Å²) in [6, 6.07) is 0.341. The minimum atomic E-state index is 0.292. The average Bonchev–Trinajstić information content (AvgIpc) is 2.10. The van der Waals surface area contributed by atoms with Crippen molar-refractivity contribution >= 4 is 5.96 Å². The Balaban J connectivity index is 3.32. The lowest BCUT2D eigenvalue weighted by Gasteiger charge is -2.08. The summed E-state index contributed by atoms with van der Waals surface area (Å²) < 4.78 is 0. The van der Waals surface area contributed by atoms with E-state index in [9.17, 15) is 0 Å². The van der Waals surface area contributed by atoms with Crippen LogP contribution < -0.4 is 11.1 Å². The van der Waals surface area contributed by atoms with Crippen LogP contribution in [-0.4, -0.2) is 30.3 Å². The molecule has 0 unspecified atom stereocenters. The van der Waals surface area contributed by atoms with E-state index in [1.54, 1.807) is 0 Å². The second kappa shape index (κ2) is 8.81. The Labute approximate surface area is 86.6 Å². The first-order valence-electron chi connectivity index (χ1n) is 5.34. The lowest BCUT2D eigenvalue weighted by Crippen LogP contribution is -2.36. The highest BCUT2D eigenvalue weighted by molar-refractivity contribution is 5.77. The zero-order valence-corrected chi connectivity index (χ0v) is 9.29. The Bertz CT molecular complexity index is 157. The molecular formula is C10H23N3O. The predicted octanol–water partition coefficient (Wildman–Crippen LogP) is 0.852. The first-order valence-corrected chi connectivity index (χ1v) is 5.34. The van der Waals surface area contributed by atoms with Gasteiger partial charge in [0.15, 0.2) is 5.96 Å². The maximum absolute atomic E-state index is 8.55. The molecule has 0 aliphatic rings. The molecule has 0 amide bonds. The average molecular weight is 201 g/mol. The summed E-state index contributed by atoms with van der Waals surface area (Å²) in [4.78, 5) is 4.18. The summed E-state index contributed by atoms with van der Waals surface area (Å²) in [5, 5.41) is 11.6. The van der Waals surface area contributed by atoms with E-state index in [2.05, 4.69) is 10.3 Å². The minimum absolute atomic E-state index is 0.292. The van der Waals surface area contributed by atoms with Gasteiger partial charge in [0.2, 0.25) is 0 Å². The second-order valence-corrected chi connectivity index (χ2v) is 3.70. The van der Waals surface area contributed by atoms with E-state index in [0.717, 1.165) is 32.2 Å². The molecule has 0 rings (SSSR count). The highest BCUT2D eigenvalue weighted by Gasteiger charge is 1.94. The fraction of sp³-hybridized carbons (Fsp3) is 0.900. The van der Waals surface area contributed by atoms with Crippen molar-refractivity contribution in [3.8, 4) is 0 Å². The van der Waals surface area contributed by atoms with Crippen molar-refractivity contribution in [2.75, 3.05) is 13.2 Å². The summed E-state index contributed by atoms with van der Waals surface area (Å²) in [6.07, 6.45) is 4.12. The monoisotopic (exact) mass is 201 g/mol. The highest BCUT2D eigenvalue weighted by atomic mass is 16.2. The van der Waals surface area contributed by atoms with Crippen LogP contribution in [0.4, 0.5) is 0 Å². The van der Waals surface area contributed by atoms with Crippen LogP contribution in [0.15, 0.2) is 4.99 Å². The third-order valence-electron chi connectivity index (χ3n) is 1.78. The number of hydrogen-bond donors (Lipinski definition) is 3. The van der Waals surface area contributed by atoms with Crippen molar-refractivity contribution in [2.45, 2.75) is 45.6 Å². The Morgan fingerprint density at radius 1 is 1.29 bits per heavy atom. The molecule has 4 nitrogen and oxygen atoms in total. The number of aliphatic hydroxyl groups is 1. The fourth-order valence-corrected chi connectivity index (χ4v) is 1.12. The van der Waals surface area contributed by atoms with Gasteiger partial charge in [0.1, 0.15) is 0 Å². The summed E-state index contributed by atoms with van der Waals surface area (Å²) >= 11 is 0. The molecule has 84 valence electrons. The van der Waals surface area contributed by atoms with Crippen molar-refractivity contribution in [1.29, 1.82) is 0 Å². The van der Waals surface area contributed by atoms with Crippen LogP contribution in [0, 0.1) is 0 Å². The molecule has 0 saturated heterocycles. The van der Waals surface area contributed by atoms with Gasteiger partial charge in [0.25, 0.3) is 0 Å². The predicted molar refractivity (Wildman–Crippen MR) is 60.3 cm³/mol. The topological polar surface area (TPSA) is 70.6 Å². The molecule has 0 aromatic heterocycles. The first-order chi connectivity index (χ1) is 6.66. The van der Waals surface area contributed by atoms with Crippen molar-refractivity contribution in [2.24, 2.45) is 10.7 Å². The van der Waals surface area contributed by atoms with E-state index in [0.29, 0.717) is 18.6 Å². The largest absolute Gasteiger partial charge is 0.396 e. The van der Waals surface area contributed by atoms with E-state index < -0.39 is 0 Å². The number of guanidine groups is 1. The number of hydrogen-bond acceptors (Lipinski definition) is 2. The van der Waals surface area contributed by atoms with Crippen LogP contribution in [-0.2, 0) is 0 Å². The van der Waals surface area contributed by atoms with E-state index in [-0.39, 0.29) is 0 Å². The molecular weight excluding hydrogens is 178 g/mol. The maximum Gasteiger partial charge on any atom is 0.188 e. The normalized spacial score (nSPS) is 12.1. The molecule has 0 atom stereocenters. The van der Waals surface area contributed by atoms with Crippen LogP contribution in [0.5, 0.6) is 0 Å². The molecule has 0 aromatic rings. The lowest BCUT2D eigenvalue weighted by molar-refractivity contribution is 0.282. The number of nitrogens with zero attached hydrogens (tertiary/aromatic N) is 1. The van der Waals surface area contributed by atoms with Crippen LogP contribution >= 0.6 is 0 Å². The summed E-state index contributed by atoms with van der Waals surface area (Å²) in [7, 11) is 0. The van der Waals surface area contributed by atoms with Crippen LogP contribution in [0.25, 0.3) is 0 Å². The van der Waals surface area contributed by atoms with Gasteiger partial charge >= 0.3 is 0 Å². The molecule has 0 saturated carbocycles. The van der Waals surface area contributed by atoms with E-state index >= 15 is 0 Å². The van der Waals surface area contributed by atoms with Gasteiger partial charge in [0.05, 0.1) is 0 Å². The van der Waals surface area contributed by atoms with E-state index in [1.165, 1.54) is 0 Å². The van der Waals surface area contributed by atoms with Crippen molar-refractivity contribution in [3.63, 3.8) is 0 Å². The zero-order chi connectivity index (χ0) is 10.8. The molecule has 0 aromatic carbocycles. The quantitative estimate of drug-likeness (QED) is 0.325. The van der Waals surface area contributed by atoms with Crippen molar-refractivity contribution < 1.29 is 5.11 Å². The Kier molecular flexibility index (Phi) is 8.33. The molecule has 4 N–H and O–H groups in total. The molecule has 14 heavy (non-hydrogen) atoms. The van der Waals surface area contributed by atoms with Gasteiger partial charge < -0.3 is 16.2 Å². The number of nitrogens with one attached hydrogen (secondary N) is 1. The van der Waals surface area contributed by atoms with Gasteiger partial charge in [-0.05, 0) is 26.7 Å². The Morgan fingerprint density at radius 2 is 1.93 bits per heavy atom. The van der Waals surface area contributed by atoms with Gasteiger partial charge in [-0.1, -0.05) is 12.8 Å². The van der Waals surface area contributed by atoms with Crippen molar-refractivity contribution in [1.82, 2.24) is 5.32 Å². The lowest BCUT2D eigenvalue weighted by atomic mass is 10.2. The fourth-order valence-electron chi connectivity index (χ4n) is 1.12. The maximum atomic E-state index is 8.55. The Hall–Kier alpha value is -0.770. The molecule has 0 heterocycles. The number of aliphatic imine (C=N–C) groups is 1. The summed E-state index contributed by atoms with van der Waals surface area (Å²) in [6.45, 7) is 5.13. The third kappa shape index (κ3) is 9.32. The van der Waals surface area contributed by atoms with Gasteiger partial charge in [-0.15, -0.1) is 0 Å². The van der Waals surface area contributed by atoms with Crippen LogP contribution in [0.3, 0.4) is 0 Å². The molecule has 0 spiro atoms. The van der Waals surface area contributed by atoms with E-state index in [4.69, 9.17) is 10.8 Å². The number of rotatable bonds is 7. The number of aliphatic hydroxyl groups excluding tert-OH is 1. The highest BCUT2D eigenvalue weighted by Crippen LogP contribution is 1.98. The minimum Gasteiger partial charge on any atom is -0.396 e. The summed E-state index contributed by atoms with van der Waals surface area (Å²) in [5.41, 5.74) is 5.61.